The van der Waals surface area contributed by atoms with Gasteiger partial charge in [-0.1, -0.05) is 35.4 Å². The van der Waals surface area contributed by atoms with Gasteiger partial charge in [0.05, 0.1) is 7.11 Å². The van der Waals surface area contributed by atoms with Gasteiger partial charge in [-0.2, -0.15) is 6.32 Å². The van der Waals surface area contributed by atoms with E-state index < -0.39 is 0 Å². The quantitative estimate of drug-likeness (QED) is 0.747. The molecule has 0 heterocycles. The first-order valence-electron chi connectivity index (χ1n) is 6.42. The van der Waals surface area contributed by atoms with Gasteiger partial charge in [-0.3, -0.25) is 0 Å². The summed E-state index contributed by atoms with van der Waals surface area (Å²) in [5, 5.41) is 0. The molecule has 0 radical (unpaired) electrons. The van der Waals surface area contributed by atoms with Crippen LogP contribution in [0.1, 0.15) is 11.1 Å². The Balaban J connectivity index is 2.04. The Morgan fingerprint density at radius 1 is 1.11 bits per heavy atom. The van der Waals surface area contributed by atoms with Gasteiger partial charge in [-0.15, -0.1) is 0 Å². The smallest absolute Gasteiger partial charge is 0.120 e. The lowest BCUT2D eigenvalue weighted by Gasteiger charge is -2.12. The third-order valence-corrected chi connectivity index (χ3v) is 3.59. The van der Waals surface area contributed by atoms with Crippen molar-refractivity contribution in [1.29, 1.82) is 0 Å². The second-order valence-corrected chi connectivity index (χ2v) is 4.78. The van der Waals surface area contributed by atoms with Crippen molar-refractivity contribution in [2.45, 2.75) is 13.2 Å². The second-order valence-electron chi connectivity index (χ2n) is 4.78. The maximum atomic E-state index is 13.2. The molecule has 2 aromatic rings. The van der Waals surface area contributed by atoms with Gasteiger partial charge in [0, 0.05) is 7.28 Å². The molecule has 0 atom stereocenters. The van der Waals surface area contributed by atoms with E-state index in [2.05, 4.69) is 12.1 Å². The van der Waals surface area contributed by atoms with E-state index in [4.69, 9.17) is 4.74 Å². The van der Waals surface area contributed by atoms with E-state index in [1.807, 2.05) is 25.1 Å². The van der Waals surface area contributed by atoms with Gasteiger partial charge in [0.2, 0.25) is 0 Å². The Morgan fingerprint density at radius 2 is 1.83 bits per heavy atom. The number of halogens is 1. The number of aryl methyl sites for hydroxylation is 1. The van der Waals surface area contributed by atoms with Crippen molar-refractivity contribution in [3.63, 3.8) is 0 Å². The van der Waals surface area contributed by atoms with Gasteiger partial charge in [0.15, 0.2) is 0 Å². The van der Waals surface area contributed by atoms with E-state index in [1.54, 1.807) is 13.2 Å². The van der Waals surface area contributed by atoms with Gasteiger partial charge in [0.25, 0.3) is 0 Å². The maximum absolute atomic E-state index is 13.2. The number of ether oxygens (including phenoxy) is 1. The Labute approximate surface area is 108 Å². The lowest BCUT2D eigenvalue weighted by molar-refractivity contribution is 0.414. The summed E-state index contributed by atoms with van der Waals surface area (Å²) in [4.78, 5) is 0. The van der Waals surface area contributed by atoms with Crippen LogP contribution in [0.15, 0.2) is 42.5 Å². The van der Waals surface area contributed by atoms with E-state index in [0.717, 1.165) is 12.1 Å². The molecule has 1 nitrogen and oxygen atoms in total. The molecular weight excluding hydrogens is 226 g/mol. The molecule has 0 spiro atoms. The molecule has 0 amide bonds. The van der Waals surface area contributed by atoms with Crippen LogP contribution in [0.25, 0.3) is 0 Å². The largest absolute Gasteiger partial charge is 0.497 e. The fourth-order valence-electron chi connectivity index (χ4n) is 2.34. The van der Waals surface area contributed by atoms with E-state index >= 15 is 0 Å². The highest BCUT2D eigenvalue weighted by Gasteiger charge is 1.97. The highest BCUT2D eigenvalue weighted by atomic mass is 19.1. The molecule has 3 heteroatoms. The molecular formula is C15H17BFO-. The number of benzene rings is 2. The van der Waals surface area contributed by atoms with Gasteiger partial charge >= 0.3 is 0 Å². The Bertz CT molecular complexity index is 523. The SMILES string of the molecule is COc1ccc(C[BH2-]c2cc(F)ccc2C)cc1. The Morgan fingerprint density at radius 3 is 2.50 bits per heavy atom. The zero-order valence-corrected chi connectivity index (χ0v) is 11.0. The molecule has 0 saturated carbocycles. The third kappa shape index (κ3) is 3.13. The van der Waals surface area contributed by atoms with Crippen LogP contribution in [-0.4, -0.2) is 14.4 Å². The highest BCUT2D eigenvalue weighted by molar-refractivity contribution is 6.53. The molecule has 0 aliphatic heterocycles. The summed E-state index contributed by atoms with van der Waals surface area (Å²) in [5.41, 5.74) is 3.69. The normalized spacial score (nSPS) is 10.4. The van der Waals surface area contributed by atoms with Crippen LogP contribution in [0, 0.1) is 12.7 Å². The molecule has 0 N–H and O–H groups in total. The summed E-state index contributed by atoms with van der Waals surface area (Å²) in [6.07, 6.45) is 1.04. The third-order valence-electron chi connectivity index (χ3n) is 3.59. The van der Waals surface area contributed by atoms with Crippen LogP contribution in [0.5, 0.6) is 5.75 Å². The average molecular weight is 243 g/mol. The molecule has 94 valence electrons. The molecule has 0 bridgehead atoms. The molecule has 0 saturated heterocycles. The monoisotopic (exact) mass is 243 g/mol. The van der Waals surface area contributed by atoms with E-state index in [9.17, 15) is 4.39 Å². The molecule has 0 aromatic heterocycles. The minimum atomic E-state index is -0.328. The number of hydrogen-bond acceptors (Lipinski definition) is 1. The lowest BCUT2D eigenvalue weighted by Crippen LogP contribution is -2.20. The van der Waals surface area contributed by atoms with E-state index in [1.165, 1.54) is 22.7 Å². The molecule has 0 fully saturated rings. The predicted octanol–water partition coefficient (Wildman–Crippen LogP) is 2.14. The zero-order valence-electron chi connectivity index (χ0n) is 11.0. The summed E-state index contributed by atoms with van der Waals surface area (Å²) in [5.74, 6) is 0.745. The van der Waals surface area contributed by atoms with Gasteiger partial charge in [-0.25, -0.2) is 9.85 Å². The fraction of sp³-hybridized carbons (Fsp3) is 0.200. The summed E-state index contributed by atoms with van der Waals surface area (Å²) < 4.78 is 18.3. The van der Waals surface area contributed by atoms with Gasteiger partial charge < -0.3 is 4.74 Å². The van der Waals surface area contributed by atoms with Crippen molar-refractivity contribution in [3.8, 4) is 5.75 Å². The first-order valence-corrected chi connectivity index (χ1v) is 6.42. The van der Waals surface area contributed by atoms with Crippen LogP contribution in [-0.2, 0) is 6.32 Å². The van der Waals surface area contributed by atoms with Crippen LogP contribution in [0.2, 0.25) is 0 Å². The Kier molecular flexibility index (Phi) is 4.03. The average Bonchev–Trinajstić information content (AvgIpc) is 2.40. The summed E-state index contributed by atoms with van der Waals surface area (Å²) in [7, 11) is 1.34. The van der Waals surface area contributed by atoms with Crippen LogP contribution in [0.3, 0.4) is 0 Å². The van der Waals surface area contributed by atoms with Crippen molar-refractivity contribution in [2.75, 3.05) is 7.11 Å². The van der Waals surface area contributed by atoms with Crippen molar-refractivity contribution in [2.24, 2.45) is 0 Å². The number of rotatable bonds is 4. The second kappa shape index (κ2) is 5.72. The van der Waals surface area contributed by atoms with Crippen molar-refractivity contribution >= 4 is 12.7 Å². The van der Waals surface area contributed by atoms with E-state index in [-0.39, 0.29) is 13.1 Å². The number of methoxy groups -OCH3 is 1. The summed E-state index contributed by atoms with van der Waals surface area (Å²) in [6.45, 7) is 2.05. The molecule has 0 aliphatic carbocycles. The first-order chi connectivity index (χ1) is 8.69. The predicted molar refractivity (Wildman–Crippen MR) is 76.0 cm³/mol. The van der Waals surface area contributed by atoms with Crippen LogP contribution in [0.4, 0.5) is 4.39 Å². The summed E-state index contributed by atoms with van der Waals surface area (Å²) >= 11 is 0. The summed E-state index contributed by atoms with van der Waals surface area (Å²) in [6, 6.07) is 13.2. The van der Waals surface area contributed by atoms with Crippen LogP contribution < -0.4 is 10.2 Å². The minimum Gasteiger partial charge on any atom is -0.497 e. The van der Waals surface area contributed by atoms with Crippen molar-refractivity contribution in [1.82, 2.24) is 0 Å². The van der Waals surface area contributed by atoms with Gasteiger partial charge in [0.1, 0.15) is 11.6 Å². The van der Waals surface area contributed by atoms with E-state index in [0.29, 0.717) is 0 Å². The zero-order chi connectivity index (χ0) is 13.0. The maximum Gasteiger partial charge on any atom is 0.120 e. The highest BCUT2D eigenvalue weighted by Crippen LogP contribution is 2.11. The Hall–Kier alpha value is -1.77. The molecule has 0 unspecified atom stereocenters. The molecule has 0 aliphatic rings. The van der Waals surface area contributed by atoms with Crippen LogP contribution >= 0.6 is 0 Å². The fourth-order valence-corrected chi connectivity index (χ4v) is 2.34. The molecule has 18 heavy (non-hydrogen) atoms. The minimum absolute atomic E-state index is 0.130. The molecule has 2 rings (SSSR count). The number of hydrogen-bond donors (Lipinski definition) is 0. The topological polar surface area (TPSA) is 9.23 Å². The van der Waals surface area contributed by atoms with Crippen molar-refractivity contribution < 1.29 is 9.13 Å². The first kappa shape index (κ1) is 12.7. The lowest BCUT2D eigenvalue weighted by atomic mass is 9.64. The standard InChI is InChI=1S/C15H17BFO/c1-11-3-6-13(17)9-15(11)16-10-12-4-7-14(18-2)8-5-12/h3-9H,10,16H2,1-2H3/q-1. The molecule has 2 aromatic carbocycles. The van der Waals surface area contributed by atoms with Crippen molar-refractivity contribution in [3.05, 3.63) is 59.4 Å². The van der Waals surface area contributed by atoms with Gasteiger partial charge in [-0.05, 0) is 25.1 Å².